The molecule has 0 saturated heterocycles. The van der Waals surface area contributed by atoms with Gasteiger partial charge in [0.05, 0.1) is 5.69 Å². The smallest absolute Gasteiger partial charge is 0.250 e. The number of nitrogens with two attached hydrogens (primary N) is 1. The van der Waals surface area contributed by atoms with E-state index in [2.05, 4.69) is 12.0 Å². The van der Waals surface area contributed by atoms with Gasteiger partial charge in [-0.1, -0.05) is 13.3 Å². The molecule has 0 aliphatic carbocycles. The van der Waals surface area contributed by atoms with Gasteiger partial charge < -0.3 is 10.3 Å². The number of aromatic nitrogens is 3. The summed E-state index contributed by atoms with van der Waals surface area (Å²) >= 11 is 0. The number of nitrogen functional groups attached to an aromatic ring is 1. The normalized spacial score (nSPS) is 10.8. The van der Waals surface area contributed by atoms with E-state index in [1.165, 1.54) is 4.57 Å². The Labute approximate surface area is 106 Å². The van der Waals surface area contributed by atoms with Gasteiger partial charge >= 0.3 is 0 Å². The van der Waals surface area contributed by atoms with Crippen LogP contribution in [0.5, 0.6) is 0 Å². The molecule has 0 aliphatic rings. The van der Waals surface area contributed by atoms with E-state index in [9.17, 15) is 4.79 Å². The summed E-state index contributed by atoms with van der Waals surface area (Å²) in [5, 5.41) is 4.41. The molecule has 2 aromatic heterocycles. The summed E-state index contributed by atoms with van der Waals surface area (Å²) in [5.74, 6) is 0.674. The van der Waals surface area contributed by atoms with Crippen molar-refractivity contribution in [2.45, 2.75) is 19.8 Å². The molecule has 5 heteroatoms. The molecule has 0 spiro atoms. The molecule has 18 heavy (non-hydrogen) atoms. The molecule has 2 heterocycles. The van der Waals surface area contributed by atoms with Crippen molar-refractivity contribution in [2.75, 3.05) is 5.73 Å². The minimum Gasteiger partial charge on any atom is -0.384 e. The van der Waals surface area contributed by atoms with Gasteiger partial charge in [-0.25, -0.2) is 0 Å². The maximum absolute atomic E-state index is 11.7. The van der Waals surface area contributed by atoms with E-state index in [-0.39, 0.29) is 5.56 Å². The van der Waals surface area contributed by atoms with Crippen molar-refractivity contribution in [3.8, 4) is 11.3 Å². The molecule has 5 nitrogen and oxygen atoms in total. The Morgan fingerprint density at radius 3 is 2.72 bits per heavy atom. The number of pyridine rings is 1. The SMILES string of the molecule is CCCc1c(-c2ccn(C)c(=O)c2)nn(C)c1N. The predicted octanol–water partition coefficient (Wildman–Crippen LogP) is 1.32. The monoisotopic (exact) mass is 246 g/mol. The highest BCUT2D eigenvalue weighted by Gasteiger charge is 2.15. The van der Waals surface area contributed by atoms with Crippen LogP contribution in [0.2, 0.25) is 0 Å². The maximum atomic E-state index is 11.7. The Hall–Kier alpha value is -2.04. The third-order valence-corrected chi connectivity index (χ3v) is 3.07. The summed E-state index contributed by atoms with van der Waals surface area (Å²) in [6.07, 6.45) is 3.61. The van der Waals surface area contributed by atoms with E-state index in [4.69, 9.17) is 5.73 Å². The second-order valence-electron chi connectivity index (χ2n) is 4.45. The molecule has 96 valence electrons. The van der Waals surface area contributed by atoms with Crippen molar-refractivity contribution in [3.05, 3.63) is 34.2 Å². The Balaban J connectivity index is 2.59. The first kappa shape index (κ1) is 12.4. The van der Waals surface area contributed by atoms with E-state index < -0.39 is 0 Å². The molecule has 0 aromatic carbocycles. The van der Waals surface area contributed by atoms with Crippen LogP contribution < -0.4 is 11.3 Å². The van der Waals surface area contributed by atoms with Gasteiger partial charge in [0.2, 0.25) is 0 Å². The first-order valence-corrected chi connectivity index (χ1v) is 6.03. The molecular formula is C13H18N4O. The average Bonchev–Trinajstić information content (AvgIpc) is 2.61. The molecular weight excluding hydrogens is 228 g/mol. The largest absolute Gasteiger partial charge is 0.384 e. The zero-order valence-corrected chi connectivity index (χ0v) is 11.0. The summed E-state index contributed by atoms with van der Waals surface area (Å²) in [4.78, 5) is 11.7. The zero-order chi connectivity index (χ0) is 13.3. The summed E-state index contributed by atoms with van der Waals surface area (Å²) in [7, 11) is 3.55. The van der Waals surface area contributed by atoms with Gasteiger partial charge in [0.15, 0.2) is 0 Å². The minimum absolute atomic E-state index is 0.0424. The molecule has 0 amide bonds. The van der Waals surface area contributed by atoms with Crippen LogP contribution >= 0.6 is 0 Å². The fraction of sp³-hybridized carbons (Fsp3) is 0.385. The lowest BCUT2D eigenvalue weighted by molar-refractivity contribution is 0.780. The first-order chi connectivity index (χ1) is 8.54. The fourth-order valence-corrected chi connectivity index (χ4v) is 2.01. The molecule has 2 rings (SSSR count). The molecule has 0 aliphatic heterocycles. The van der Waals surface area contributed by atoms with Crippen LogP contribution in [0.25, 0.3) is 11.3 Å². The number of anilines is 1. The average molecular weight is 246 g/mol. The van der Waals surface area contributed by atoms with Crippen molar-refractivity contribution in [1.29, 1.82) is 0 Å². The molecule has 0 bridgehead atoms. The summed E-state index contributed by atoms with van der Waals surface area (Å²) in [6.45, 7) is 2.10. The zero-order valence-electron chi connectivity index (χ0n) is 11.0. The van der Waals surface area contributed by atoms with E-state index in [0.717, 1.165) is 29.7 Å². The minimum atomic E-state index is -0.0424. The lowest BCUT2D eigenvalue weighted by atomic mass is 10.1. The van der Waals surface area contributed by atoms with Gasteiger partial charge in [-0.3, -0.25) is 9.48 Å². The van der Waals surface area contributed by atoms with Gasteiger partial charge in [-0.15, -0.1) is 0 Å². The van der Waals surface area contributed by atoms with Crippen LogP contribution in [-0.4, -0.2) is 14.3 Å². The number of rotatable bonds is 3. The van der Waals surface area contributed by atoms with Crippen molar-refractivity contribution >= 4 is 5.82 Å². The highest BCUT2D eigenvalue weighted by atomic mass is 16.1. The number of aryl methyl sites for hydroxylation is 2. The predicted molar refractivity (Wildman–Crippen MR) is 72.3 cm³/mol. The number of hydrogen-bond acceptors (Lipinski definition) is 3. The topological polar surface area (TPSA) is 65.8 Å². The standard InChI is InChI=1S/C13H18N4O/c1-4-5-10-12(15-17(3)13(10)14)9-6-7-16(2)11(18)8-9/h6-8H,4-5,14H2,1-3H3. The van der Waals surface area contributed by atoms with Crippen LogP contribution in [0.15, 0.2) is 23.1 Å². The number of hydrogen-bond donors (Lipinski definition) is 1. The fourth-order valence-electron chi connectivity index (χ4n) is 2.01. The van der Waals surface area contributed by atoms with E-state index >= 15 is 0 Å². The van der Waals surface area contributed by atoms with Gasteiger partial charge in [0, 0.05) is 37.5 Å². The molecule has 0 radical (unpaired) electrons. The molecule has 0 unspecified atom stereocenters. The second kappa shape index (κ2) is 4.68. The molecule has 0 saturated carbocycles. The second-order valence-corrected chi connectivity index (χ2v) is 4.45. The van der Waals surface area contributed by atoms with Crippen molar-refractivity contribution < 1.29 is 0 Å². The Morgan fingerprint density at radius 2 is 2.11 bits per heavy atom. The van der Waals surface area contributed by atoms with Gasteiger partial charge in [0.1, 0.15) is 5.82 Å². The van der Waals surface area contributed by atoms with Gasteiger partial charge in [-0.2, -0.15) is 5.10 Å². The molecule has 2 aromatic rings. The Kier molecular flexibility index (Phi) is 3.23. The highest BCUT2D eigenvalue weighted by molar-refractivity contribution is 5.68. The van der Waals surface area contributed by atoms with Gasteiger partial charge in [0.25, 0.3) is 5.56 Å². The lowest BCUT2D eigenvalue weighted by Gasteiger charge is -2.03. The van der Waals surface area contributed by atoms with Crippen molar-refractivity contribution in [3.63, 3.8) is 0 Å². The van der Waals surface area contributed by atoms with Crippen molar-refractivity contribution in [2.24, 2.45) is 14.1 Å². The van der Waals surface area contributed by atoms with Crippen LogP contribution in [0.3, 0.4) is 0 Å². The maximum Gasteiger partial charge on any atom is 0.250 e. The van der Waals surface area contributed by atoms with Crippen LogP contribution in [0.1, 0.15) is 18.9 Å². The first-order valence-electron chi connectivity index (χ1n) is 6.03. The molecule has 0 fully saturated rings. The number of nitrogens with zero attached hydrogens (tertiary/aromatic N) is 3. The third-order valence-electron chi connectivity index (χ3n) is 3.07. The van der Waals surface area contributed by atoms with Crippen molar-refractivity contribution in [1.82, 2.24) is 14.3 Å². The van der Waals surface area contributed by atoms with E-state index in [0.29, 0.717) is 5.82 Å². The highest BCUT2D eigenvalue weighted by Crippen LogP contribution is 2.26. The lowest BCUT2D eigenvalue weighted by Crippen LogP contribution is -2.14. The quantitative estimate of drug-likeness (QED) is 0.888. The Bertz CT molecular complexity index is 624. The summed E-state index contributed by atoms with van der Waals surface area (Å²) in [5.41, 5.74) is 8.63. The summed E-state index contributed by atoms with van der Waals surface area (Å²) < 4.78 is 3.20. The van der Waals surface area contributed by atoms with Crippen LogP contribution in [0, 0.1) is 0 Å². The summed E-state index contributed by atoms with van der Waals surface area (Å²) in [6, 6.07) is 3.49. The van der Waals surface area contributed by atoms with Crippen LogP contribution in [-0.2, 0) is 20.5 Å². The molecule has 2 N–H and O–H groups in total. The van der Waals surface area contributed by atoms with E-state index in [1.54, 1.807) is 24.0 Å². The Morgan fingerprint density at radius 1 is 1.39 bits per heavy atom. The third kappa shape index (κ3) is 2.03. The van der Waals surface area contributed by atoms with Gasteiger partial charge in [-0.05, 0) is 12.5 Å². The van der Waals surface area contributed by atoms with Crippen LogP contribution in [0.4, 0.5) is 5.82 Å². The van der Waals surface area contributed by atoms with E-state index in [1.807, 2.05) is 13.1 Å². The molecule has 0 atom stereocenters.